The van der Waals surface area contributed by atoms with Crippen molar-refractivity contribution in [3.05, 3.63) is 35.9 Å². The zero-order valence-corrected chi connectivity index (χ0v) is 13.6. The van der Waals surface area contributed by atoms with Crippen molar-refractivity contribution in [3.8, 4) is 0 Å². The molecule has 118 valence electrons. The maximum Gasteiger partial charge on any atom is 0.0853 e. The first-order valence-corrected chi connectivity index (χ1v) is 7.98. The Hall–Kier alpha value is -0.900. The molecule has 1 unspecified atom stereocenters. The summed E-state index contributed by atoms with van der Waals surface area (Å²) in [6.45, 7) is 7.69. The van der Waals surface area contributed by atoms with Crippen molar-refractivity contribution < 1.29 is 9.84 Å². The second kappa shape index (κ2) is 7.39. The summed E-state index contributed by atoms with van der Waals surface area (Å²) in [6.07, 6.45) is 2.23. The third-order valence-corrected chi connectivity index (χ3v) is 4.20. The fourth-order valence-corrected chi connectivity index (χ4v) is 2.70. The summed E-state index contributed by atoms with van der Waals surface area (Å²) in [5.74, 6) is 0.826. The van der Waals surface area contributed by atoms with E-state index in [0.717, 1.165) is 37.8 Å². The third kappa shape index (κ3) is 5.42. The number of hydrogen-bond donors (Lipinski definition) is 1. The van der Waals surface area contributed by atoms with Crippen LogP contribution < -0.4 is 0 Å². The molecule has 0 bridgehead atoms. The molecule has 1 aliphatic carbocycles. The first kappa shape index (κ1) is 16.5. The molecule has 1 N–H and O–H groups in total. The van der Waals surface area contributed by atoms with Crippen LogP contribution in [0, 0.1) is 11.3 Å². The Morgan fingerprint density at radius 1 is 1.29 bits per heavy atom. The highest BCUT2D eigenvalue weighted by molar-refractivity contribution is 5.19. The summed E-state index contributed by atoms with van der Waals surface area (Å²) in [5.41, 5.74) is 0.799. The average molecular weight is 291 g/mol. The normalized spacial score (nSPS) is 17.2. The Kier molecular flexibility index (Phi) is 5.80. The predicted octanol–water partition coefficient (Wildman–Crippen LogP) is 3.10. The summed E-state index contributed by atoms with van der Waals surface area (Å²) in [4.78, 5) is 2.25. The number of aliphatic hydroxyl groups is 1. The van der Waals surface area contributed by atoms with Gasteiger partial charge in [0.25, 0.3) is 0 Å². The van der Waals surface area contributed by atoms with Crippen molar-refractivity contribution in [2.75, 3.05) is 33.4 Å². The molecule has 0 spiro atoms. The van der Waals surface area contributed by atoms with E-state index in [2.05, 4.69) is 25.8 Å². The zero-order valence-electron chi connectivity index (χ0n) is 13.6. The van der Waals surface area contributed by atoms with Gasteiger partial charge in [-0.2, -0.15) is 0 Å². The summed E-state index contributed by atoms with van der Waals surface area (Å²) < 4.78 is 5.68. The fourth-order valence-electron chi connectivity index (χ4n) is 2.70. The molecule has 0 aliphatic heterocycles. The van der Waals surface area contributed by atoms with E-state index in [1.165, 1.54) is 12.8 Å². The predicted molar refractivity (Wildman–Crippen MR) is 86.2 cm³/mol. The van der Waals surface area contributed by atoms with Crippen molar-refractivity contribution in [1.82, 2.24) is 4.90 Å². The van der Waals surface area contributed by atoms with Crippen LogP contribution in [0.1, 0.15) is 38.4 Å². The molecular weight excluding hydrogens is 262 g/mol. The largest absolute Gasteiger partial charge is 0.388 e. The minimum absolute atomic E-state index is 0.188. The molecule has 1 fully saturated rings. The van der Waals surface area contributed by atoms with Gasteiger partial charge in [-0.25, -0.2) is 0 Å². The molecule has 3 nitrogen and oxygen atoms in total. The summed E-state index contributed by atoms with van der Waals surface area (Å²) >= 11 is 0. The van der Waals surface area contributed by atoms with E-state index < -0.39 is 6.10 Å². The topological polar surface area (TPSA) is 32.7 Å². The average Bonchev–Trinajstić information content (AvgIpc) is 3.27. The van der Waals surface area contributed by atoms with Crippen molar-refractivity contribution >= 4 is 0 Å². The van der Waals surface area contributed by atoms with Crippen LogP contribution in [0.15, 0.2) is 30.3 Å². The summed E-state index contributed by atoms with van der Waals surface area (Å²) in [7, 11) is 2.10. The van der Waals surface area contributed by atoms with Crippen molar-refractivity contribution in [1.29, 1.82) is 0 Å². The molecule has 1 saturated carbocycles. The highest BCUT2D eigenvalue weighted by Gasteiger charge is 2.30. The SMILES string of the molecule is CN(CCOCC1CC1)CC(C)(C)C(O)c1ccccc1. The molecule has 1 atom stereocenters. The van der Waals surface area contributed by atoms with Crippen LogP contribution >= 0.6 is 0 Å². The number of ether oxygens (including phenoxy) is 1. The van der Waals surface area contributed by atoms with Gasteiger partial charge in [0.15, 0.2) is 0 Å². The molecule has 0 saturated heterocycles. The number of hydrogen-bond acceptors (Lipinski definition) is 3. The summed E-state index contributed by atoms with van der Waals surface area (Å²) in [6, 6.07) is 9.91. The monoisotopic (exact) mass is 291 g/mol. The van der Waals surface area contributed by atoms with Gasteiger partial charge in [0.1, 0.15) is 0 Å². The van der Waals surface area contributed by atoms with Crippen molar-refractivity contribution in [2.45, 2.75) is 32.8 Å². The fraction of sp³-hybridized carbons (Fsp3) is 0.667. The number of nitrogens with zero attached hydrogens (tertiary/aromatic N) is 1. The second-order valence-electron chi connectivity index (χ2n) is 7.06. The van der Waals surface area contributed by atoms with E-state index in [4.69, 9.17) is 4.74 Å². The van der Waals surface area contributed by atoms with Gasteiger partial charge in [0.2, 0.25) is 0 Å². The van der Waals surface area contributed by atoms with E-state index >= 15 is 0 Å². The molecule has 0 heterocycles. The first-order valence-electron chi connectivity index (χ1n) is 7.98. The minimum atomic E-state index is -0.450. The van der Waals surface area contributed by atoms with Crippen LogP contribution in [-0.4, -0.2) is 43.4 Å². The molecule has 0 amide bonds. The Labute approximate surface area is 128 Å². The van der Waals surface area contributed by atoms with Crippen molar-refractivity contribution in [3.63, 3.8) is 0 Å². The maximum absolute atomic E-state index is 10.6. The van der Waals surface area contributed by atoms with Gasteiger partial charge < -0.3 is 14.7 Å². The van der Waals surface area contributed by atoms with Crippen LogP contribution in [0.5, 0.6) is 0 Å². The van der Waals surface area contributed by atoms with Crippen LogP contribution in [0.25, 0.3) is 0 Å². The van der Waals surface area contributed by atoms with Gasteiger partial charge in [-0.1, -0.05) is 44.2 Å². The van der Waals surface area contributed by atoms with Gasteiger partial charge >= 0.3 is 0 Å². The molecular formula is C18H29NO2. The van der Waals surface area contributed by atoms with Gasteiger partial charge in [-0.15, -0.1) is 0 Å². The molecule has 1 aromatic carbocycles. The van der Waals surface area contributed by atoms with E-state index in [1.54, 1.807) is 0 Å². The Morgan fingerprint density at radius 2 is 1.95 bits per heavy atom. The Morgan fingerprint density at radius 3 is 2.57 bits per heavy atom. The molecule has 1 aliphatic rings. The minimum Gasteiger partial charge on any atom is -0.388 e. The second-order valence-corrected chi connectivity index (χ2v) is 7.06. The smallest absolute Gasteiger partial charge is 0.0853 e. The lowest BCUT2D eigenvalue weighted by molar-refractivity contribution is 0.0179. The van der Waals surface area contributed by atoms with Gasteiger partial charge in [-0.3, -0.25) is 0 Å². The van der Waals surface area contributed by atoms with E-state index in [1.807, 2.05) is 30.3 Å². The first-order chi connectivity index (χ1) is 9.99. The Balaban J connectivity index is 1.75. The van der Waals surface area contributed by atoms with Crippen LogP contribution in [0.3, 0.4) is 0 Å². The lowest BCUT2D eigenvalue weighted by Gasteiger charge is -2.34. The van der Waals surface area contributed by atoms with Gasteiger partial charge in [0.05, 0.1) is 12.7 Å². The van der Waals surface area contributed by atoms with Crippen LogP contribution in [0.4, 0.5) is 0 Å². The lowest BCUT2D eigenvalue weighted by atomic mass is 9.82. The highest BCUT2D eigenvalue weighted by Crippen LogP contribution is 2.33. The highest BCUT2D eigenvalue weighted by atomic mass is 16.5. The zero-order chi connectivity index (χ0) is 15.3. The van der Waals surface area contributed by atoms with Gasteiger partial charge in [-0.05, 0) is 31.4 Å². The number of benzene rings is 1. The standard InChI is InChI=1S/C18H29NO2/c1-18(2,17(20)16-7-5-4-6-8-16)14-19(3)11-12-21-13-15-9-10-15/h4-8,15,17,20H,9-14H2,1-3H3. The van der Waals surface area contributed by atoms with E-state index in [9.17, 15) is 5.11 Å². The number of likely N-dealkylation sites (N-methyl/N-ethyl adjacent to an activating group) is 1. The van der Waals surface area contributed by atoms with Gasteiger partial charge in [0, 0.05) is 25.1 Å². The number of rotatable bonds is 9. The third-order valence-electron chi connectivity index (χ3n) is 4.20. The summed E-state index contributed by atoms with van der Waals surface area (Å²) in [5, 5.41) is 10.6. The lowest BCUT2D eigenvalue weighted by Crippen LogP contribution is -2.37. The maximum atomic E-state index is 10.6. The molecule has 2 rings (SSSR count). The van der Waals surface area contributed by atoms with Crippen molar-refractivity contribution in [2.24, 2.45) is 11.3 Å². The van der Waals surface area contributed by atoms with E-state index in [-0.39, 0.29) is 5.41 Å². The molecule has 0 radical (unpaired) electrons. The molecule has 1 aromatic rings. The molecule has 0 aromatic heterocycles. The number of aliphatic hydroxyl groups excluding tert-OH is 1. The van der Waals surface area contributed by atoms with E-state index in [0.29, 0.717) is 0 Å². The quantitative estimate of drug-likeness (QED) is 0.710. The molecule has 21 heavy (non-hydrogen) atoms. The van der Waals surface area contributed by atoms with Crippen LogP contribution in [-0.2, 0) is 4.74 Å². The Bertz CT molecular complexity index is 414. The molecule has 3 heteroatoms. The van der Waals surface area contributed by atoms with Crippen LogP contribution in [0.2, 0.25) is 0 Å².